The van der Waals surface area contributed by atoms with Gasteiger partial charge in [-0.05, 0) is 57.8 Å². The molecule has 0 aliphatic carbocycles. The van der Waals surface area contributed by atoms with Crippen molar-refractivity contribution < 1.29 is 9.84 Å². The van der Waals surface area contributed by atoms with E-state index >= 15 is 0 Å². The van der Waals surface area contributed by atoms with Crippen LogP contribution in [0.3, 0.4) is 0 Å². The van der Waals surface area contributed by atoms with Crippen LogP contribution < -0.4 is 15.4 Å². The second-order valence-corrected chi connectivity index (χ2v) is 6.65. The van der Waals surface area contributed by atoms with Gasteiger partial charge in [0.25, 0.3) is 0 Å². The zero-order chi connectivity index (χ0) is 16.0. The number of ether oxygens (including phenoxy) is 1. The van der Waals surface area contributed by atoms with Crippen LogP contribution >= 0.6 is 22.6 Å². The average Bonchev–Trinajstić information content (AvgIpc) is 2.57. The molecule has 0 fully saturated rings. The van der Waals surface area contributed by atoms with Crippen LogP contribution in [0.1, 0.15) is 11.7 Å². The number of anilines is 2. The van der Waals surface area contributed by atoms with E-state index in [9.17, 15) is 5.11 Å². The van der Waals surface area contributed by atoms with Crippen molar-refractivity contribution in [3.05, 3.63) is 57.7 Å². The van der Waals surface area contributed by atoms with Gasteiger partial charge in [-0.15, -0.1) is 0 Å². The van der Waals surface area contributed by atoms with Crippen molar-refractivity contribution in [2.45, 2.75) is 6.17 Å². The Hall–Kier alpha value is -2.15. The number of hydrogen-bond donors (Lipinski definition) is 3. The Balaban J connectivity index is 1.80. The molecule has 1 aliphatic rings. The summed E-state index contributed by atoms with van der Waals surface area (Å²) in [6.07, 6.45) is -0.0847. The summed E-state index contributed by atoms with van der Waals surface area (Å²) in [5.74, 6) is 0.655. The van der Waals surface area contributed by atoms with Crippen LogP contribution in [-0.4, -0.2) is 12.2 Å². The number of halogens is 1. The van der Waals surface area contributed by atoms with Gasteiger partial charge in [0.1, 0.15) is 6.17 Å². The van der Waals surface area contributed by atoms with E-state index in [-0.39, 0.29) is 11.9 Å². The number of methoxy groups -OCH3 is 1. The summed E-state index contributed by atoms with van der Waals surface area (Å²) in [5.41, 5.74) is 3.21. The molecule has 3 aromatic rings. The molecule has 0 unspecified atom stereocenters. The van der Waals surface area contributed by atoms with E-state index in [1.807, 2.05) is 12.1 Å². The minimum atomic E-state index is -0.0847. The van der Waals surface area contributed by atoms with Crippen molar-refractivity contribution >= 4 is 44.7 Å². The molecule has 0 amide bonds. The highest BCUT2D eigenvalue weighted by molar-refractivity contribution is 14.1. The molecule has 116 valence electrons. The van der Waals surface area contributed by atoms with Crippen LogP contribution in [-0.2, 0) is 0 Å². The van der Waals surface area contributed by atoms with Crippen LogP contribution in [0.2, 0.25) is 0 Å². The Morgan fingerprint density at radius 3 is 2.30 bits per heavy atom. The highest BCUT2D eigenvalue weighted by Gasteiger charge is 2.22. The number of nitrogens with one attached hydrogen (secondary N) is 2. The molecule has 0 aromatic heterocycles. The number of hydrogen-bond acceptors (Lipinski definition) is 4. The van der Waals surface area contributed by atoms with E-state index < -0.39 is 0 Å². The first kappa shape index (κ1) is 14.4. The lowest BCUT2D eigenvalue weighted by molar-refractivity contribution is 0.371. The van der Waals surface area contributed by atoms with E-state index in [4.69, 9.17) is 4.74 Å². The van der Waals surface area contributed by atoms with Gasteiger partial charge < -0.3 is 20.5 Å². The van der Waals surface area contributed by atoms with Crippen molar-refractivity contribution in [2.24, 2.45) is 0 Å². The summed E-state index contributed by atoms with van der Waals surface area (Å²) in [6, 6.07) is 16.3. The molecule has 0 saturated heterocycles. The lowest BCUT2D eigenvalue weighted by Gasteiger charge is -2.30. The van der Waals surface area contributed by atoms with Crippen LogP contribution in [0.15, 0.2) is 48.5 Å². The number of benzene rings is 3. The second-order valence-electron chi connectivity index (χ2n) is 5.48. The minimum Gasteiger partial charge on any atom is -0.504 e. The summed E-state index contributed by atoms with van der Waals surface area (Å²) < 4.78 is 6.04. The number of rotatable bonds is 2. The predicted octanol–water partition coefficient (Wildman–Crippen LogP) is 4.69. The fraction of sp³-hybridized carbons (Fsp3) is 0.111. The first-order chi connectivity index (χ1) is 11.2. The van der Waals surface area contributed by atoms with Gasteiger partial charge in [0.2, 0.25) is 0 Å². The molecule has 4 rings (SSSR count). The van der Waals surface area contributed by atoms with E-state index in [1.165, 1.54) is 10.8 Å². The lowest BCUT2D eigenvalue weighted by Crippen LogP contribution is -2.23. The van der Waals surface area contributed by atoms with Gasteiger partial charge in [-0.1, -0.05) is 24.3 Å². The van der Waals surface area contributed by atoms with E-state index in [0.717, 1.165) is 20.5 Å². The summed E-state index contributed by atoms with van der Waals surface area (Å²) in [4.78, 5) is 0. The highest BCUT2D eigenvalue weighted by atomic mass is 127. The van der Waals surface area contributed by atoms with Crippen molar-refractivity contribution in [3.63, 3.8) is 0 Å². The summed E-state index contributed by atoms with van der Waals surface area (Å²) in [5, 5.41) is 19.5. The molecule has 23 heavy (non-hydrogen) atoms. The molecule has 0 atom stereocenters. The van der Waals surface area contributed by atoms with Gasteiger partial charge >= 0.3 is 0 Å². The maximum atomic E-state index is 10.0. The third-order valence-corrected chi connectivity index (χ3v) is 4.93. The third-order valence-electron chi connectivity index (χ3n) is 4.11. The highest BCUT2D eigenvalue weighted by Crippen LogP contribution is 2.40. The summed E-state index contributed by atoms with van der Waals surface area (Å²) in [7, 11) is 1.56. The number of phenols is 1. The number of phenolic OH excluding ortho intramolecular Hbond substituents is 1. The van der Waals surface area contributed by atoms with E-state index in [0.29, 0.717) is 5.75 Å². The molecule has 4 nitrogen and oxygen atoms in total. The SMILES string of the molecule is COc1cc(C2Nc3cccc4cccc(c34)N2)cc(I)c1O. The van der Waals surface area contributed by atoms with Crippen LogP contribution in [0.5, 0.6) is 11.5 Å². The molecule has 3 aromatic carbocycles. The Kier molecular flexibility index (Phi) is 3.45. The van der Waals surface area contributed by atoms with Crippen LogP contribution in [0.4, 0.5) is 11.4 Å². The molecule has 1 heterocycles. The first-order valence-electron chi connectivity index (χ1n) is 7.28. The minimum absolute atomic E-state index is 0.0847. The van der Waals surface area contributed by atoms with Gasteiger partial charge in [-0.25, -0.2) is 0 Å². The Labute approximate surface area is 147 Å². The summed E-state index contributed by atoms with van der Waals surface area (Å²) >= 11 is 2.11. The lowest BCUT2D eigenvalue weighted by atomic mass is 10.0. The molecule has 0 bridgehead atoms. The van der Waals surface area contributed by atoms with E-state index in [2.05, 4.69) is 69.6 Å². The standard InChI is InChI=1S/C18H15IN2O2/c1-23-15-9-11(8-12(19)17(15)22)18-20-13-6-2-4-10-5-3-7-14(21-18)16(10)13/h2-9,18,20-22H,1H3. The molecule has 1 aliphatic heterocycles. The molecule has 3 N–H and O–H groups in total. The number of aromatic hydroxyl groups is 1. The molecule has 0 radical (unpaired) electrons. The van der Waals surface area contributed by atoms with E-state index in [1.54, 1.807) is 7.11 Å². The third kappa shape index (κ3) is 2.35. The second kappa shape index (κ2) is 5.49. The topological polar surface area (TPSA) is 53.5 Å². The smallest absolute Gasteiger partial charge is 0.171 e. The van der Waals surface area contributed by atoms with Crippen molar-refractivity contribution in [2.75, 3.05) is 17.7 Å². The van der Waals surface area contributed by atoms with Crippen molar-refractivity contribution in [1.29, 1.82) is 0 Å². The zero-order valence-corrected chi connectivity index (χ0v) is 14.6. The molecule has 0 saturated carbocycles. The average molecular weight is 418 g/mol. The molecular formula is C18H15IN2O2. The molecule has 5 heteroatoms. The van der Waals surface area contributed by atoms with Crippen molar-refractivity contribution in [3.8, 4) is 11.5 Å². The van der Waals surface area contributed by atoms with Crippen LogP contribution in [0, 0.1) is 3.57 Å². The van der Waals surface area contributed by atoms with Gasteiger partial charge in [-0.3, -0.25) is 0 Å². The fourth-order valence-corrected chi connectivity index (χ4v) is 3.64. The molecular weight excluding hydrogens is 403 g/mol. The van der Waals surface area contributed by atoms with Gasteiger partial charge in [-0.2, -0.15) is 0 Å². The van der Waals surface area contributed by atoms with Gasteiger partial charge in [0.05, 0.1) is 10.7 Å². The monoisotopic (exact) mass is 418 g/mol. The Morgan fingerprint density at radius 2 is 1.70 bits per heavy atom. The first-order valence-corrected chi connectivity index (χ1v) is 8.36. The maximum Gasteiger partial charge on any atom is 0.171 e. The quantitative estimate of drug-likeness (QED) is 0.529. The van der Waals surface area contributed by atoms with Gasteiger partial charge in [0.15, 0.2) is 11.5 Å². The van der Waals surface area contributed by atoms with Crippen LogP contribution in [0.25, 0.3) is 10.8 Å². The van der Waals surface area contributed by atoms with Crippen molar-refractivity contribution in [1.82, 2.24) is 0 Å². The fourth-order valence-electron chi connectivity index (χ4n) is 3.01. The Morgan fingerprint density at radius 1 is 1.04 bits per heavy atom. The zero-order valence-electron chi connectivity index (χ0n) is 12.4. The summed E-state index contributed by atoms with van der Waals surface area (Å²) in [6.45, 7) is 0. The molecule has 0 spiro atoms. The maximum absolute atomic E-state index is 10.0. The Bertz CT molecular complexity index is 870. The van der Waals surface area contributed by atoms with Gasteiger partial charge in [0, 0.05) is 16.8 Å². The normalized spacial score (nSPS) is 13.5. The largest absolute Gasteiger partial charge is 0.504 e. The predicted molar refractivity (Wildman–Crippen MR) is 101 cm³/mol.